The third kappa shape index (κ3) is 4.90. The first-order valence-electron chi connectivity index (χ1n) is 7.48. The molecule has 0 heterocycles. The molecule has 1 aliphatic carbocycles. The molecule has 1 aromatic carbocycles. The highest BCUT2D eigenvalue weighted by atomic mass is 16.5. The lowest BCUT2D eigenvalue weighted by molar-refractivity contribution is -0.127. The second kappa shape index (κ2) is 7.27. The minimum atomic E-state index is -0.521. The fourth-order valence-corrected chi connectivity index (χ4v) is 2.06. The van der Waals surface area contributed by atoms with E-state index < -0.39 is 6.10 Å². The highest BCUT2D eigenvalue weighted by Gasteiger charge is 2.21. The average molecular weight is 288 g/mol. The van der Waals surface area contributed by atoms with Gasteiger partial charge in [-0.3, -0.25) is 4.79 Å². The van der Waals surface area contributed by atoms with Crippen LogP contribution in [0.1, 0.15) is 30.9 Å². The maximum Gasteiger partial charge on any atom is 0.261 e. The molecule has 2 N–H and O–H groups in total. The Hall–Kier alpha value is -1.81. The van der Waals surface area contributed by atoms with Gasteiger partial charge in [0.1, 0.15) is 5.75 Å². The highest BCUT2D eigenvalue weighted by Crippen LogP contribution is 2.24. The quantitative estimate of drug-likeness (QED) is 0.722. The second-order valence-electron chi connectivity index (χ2n) is 5.56. The topological polar surface area (TPSA) is 50.4 Å². The summed E-state index contributed by atoms with van der Waals surface area (Å²) in [6.45, 7) is 8.64. The molecule has 4 nitrogen and oxygen atoms in total. The van der Waals surface area contributed by atoms with Gasteiger partial charge in [-0.2, -0.15) is 0 Å². The third-order valence-electron chi connectivity index (χ3n) is 3.47. The van der Waals surface area contributed by atoms with Crippen molar-refractivity contribution in [3.8, 4) is 5.75 Å². The zero-order chi connectivity index (χ0) is 15.2. The van der Waals surface area contributed by atoms with Crippen LogP contribution in [0.15, 0.2) is 30.9 Å². The molecule has 0 aliphatic heterocycles. The number of rotatable bonds is 8. The van der Waals surface area contributed by atoms with Crippen molar-refractivity contribution in [1.82, 2.24) is 10.6 Å². The van der Waals surface area contributed by atoms with E-state index in [4.69, 9.17) is 4.74 Å². The SMILES string of the molecule is C=CCNC(=O)C(C)Oc1ccc(C)cc1CNC1CC1. The molecular weight excluding hydrogens is 264 g/mol. The van der Waals surface area contributed by atoms with E-state index in [0.29, 0.717) is 12.6 Å². The number of carbonyl (C=O) groups is 1. The van der Waals surface area contributed by atoms with Crippen molar-refractivity contribution in [2.75, 3.05) is 6.54 Å². The lowest BCUT2D eigenvalue weighted by atomic mass is 10.1. The number of hydrogen-bond donors (Lipinski definition) is 2. The van der Waals surface area contributed by atoms with Gasteiger partial charge in [0, 0.05) is 24.7 Å². The molecule has 21 heavy (non-hydrogen) atoms. The number of amides is 1. The van der Waals surface area contributed by atoms with Crippen molar-refractivity contribution >= 4 is 5.91 Å². The maximum atomic E-state index is 11.9. The molecule has 1 atom stereocenters. The molecule has 4 heteroatoms. The van der Waals surface area contributed by atoms with Crippen LogP contribution in [0.2, 0.25) is 0 Å². The Morgan fingerprint density at radius 2 is 2.29 bits per heavy atom. The van der Waals surface area contributed by atoms with Crippen LogP contribution in [0.3, 0.4) is 0 Å². The molecule has 0 bridgehead atoms. The van der Waals surface area contributed by atoms with E-state index in [2.05, 4.69) is 30.2 Å². The summed E-state index contributed by atoms with van der Waals surface area (Å²) in [6.07, 6.45) is 3.64. The fraction of sp³-hybridized carbons (Fsp3) is 0.471. The zero-order valence-electron chi connectivity index (χ0n) is 12.8. The average Bonchev–Trinajstić information content (AvgIpc) is 3.29. The summed E-state index contributed by atoms with van der Waals surface area (Å²) in [5, 5.41) is 6.23. The van der Waals surface area contributed by atoms with Crippen LogP contribution >= 0.6 is 0 Å². The smallest absolute Gasteiger partial charge is 0.261 e. The van der Waals surface area contributed by atoms with Gasteiger partial charge in [-0.25, -0.2) is 0 Å². The van der Waals surface area contributed by atoms with Crippen LogP contribution in [-0.2, 0) is 11.3 Å². The minimum absolute atomic E-state index is 0.128. The van der Waals surface area contributed by atoms with Crippen LogP contribution in [0.5, 0.6) is 5.75 Å². The summed E-state index contributed by atoms with van der Waals surface area (Å²) in [6, 6.07) is 6.70. The van der Waals surface area contributed by atoms with Crippen LogP contribution in [0.25, 0.3) is 0 Å². The maximum absolute atomic E-state index is 11.9. The number of ether oxygens (including phenoxy) is 1. The summed E-state index contributed by atoms with van der Waals surface area (Å²) in [7, 11) is 0. The predicted octanol–water partition coefficient (Wildman–Crippen LogP) is 2.32. The molecule has 114 valence electrons. The molecule has 0 spiro atoms. The number of hydrogen-bond acceptors (Lipinski definition) is 3. The van der Waals surface area contributed by atoms with Crippen molar-refractivity contribution in [3.05, 3.63) is 42.0 Å². The Morgan fingerprint density at radius 1 is 1.52 bits per heavy atom. The number of carbonyl (C=O) groups excluding carboxylic acids is 1. The van der Waals surface area contributed by atoms with Gasteiger partial charge in [0.15, 0.2) is 6.10 Å². The fourth-order valence-electron chi connectivity index (χ4n) is 2.06. The number of aryl methyl sites for hydroxylation is 1. The zero-order valence-corrected chi connectivity index (χ0v) is 12.8. The predicted molar refractivity (Wildman–Crippen MR) is 84.3 cm³/mol. The van der Waals surface area contributed by atoms with Gasteiger partial charge in [0.05, 0.1) is 0 Å². The molecule has 1 aliphatic rings. The van der Waals surface area contributed by atoms with Gasteiger partial charge in [0.2, 0.25) is 0 Å². The van der Waals surface area contributed by atoms with E-state index in [1.54, 1.807) is 13.0 Å². The molecule has 1 amide bonds. The molecule has 0 saturated heterocycles. The summed E-state index contributed by atoms with van der Waals surface area (Å²) in [5.74, 6) is 0.645. The summed E-state index contributed by atoms with van der Waals surface area (Å²) in [5.41, 5.74) is 2.30. The van der Waals surface area contributed by atoms with Crippen molar-refractivity contribution in [1.29, 1.82) is 0 Å². The lowest BCUT2D eigenvalue weighted by Crippen LogP contribution is -2.36. The Labute approximate surface area is 126 Å². The Balaban J connectivity index is 1.99. The van der Waals surface area contributed by atoms with Crippen LogP contribution in [0, 0.1) is 6.92 Å². The van der Waals surface area contributed by atoms with E-state index in [-0.39, 0.29) is 5.91 Å². The number of nitrogens with one attached hydrogen (secondary N) is 2. The summed E-state index contributed by atoms with van der Waals surface area (Å²) < 4.78 is 5.83. The lowest BCUT2D eigenvalue weighted by Gasteiger charge is -2.17. The summed E-state index contributed by atoms with van der Waals surface area (Å²) >= 11 is 0. The molecule has 0 radical (unpaired) electrons. The van der Waals surface area contributed by atoms with Crippen molar-refractivity contribution in [3.63, 3.8) is 0 Å². The van der Waals surface area contributed by atoms with E-state index in [1.165, 1.54) is 18.4 Å². The van der Waals surface area contributed by atoms with Gasteiger partial charge in [-0.1, -0.05) is 23.8 Å². The molecule has 0 aromatic heterocycles. The number of benzene rings is 1. The van der Waals surface area contributed by atoms with E-state index in [1.807, 2.05) is 12.1 Å². The van der Waals surface area contributed by atoms with E-state index in [0.717, 1.165) is 17.9 Å². The Morgan fingerprint density at radius 3 is 2.95 bits per heavy atom. The molecule has 1 saturated carbocycles. The first kappa shape index (κ1) is 15.6. The monoisotopic (exact) mass is 288 g/mol. The van der Waals surface area contributed by atoms with Gasteiger partial charge >= 0.3 is 0 Å². The highest BCUT2D eigenvalue weighted by molar-refractivity contribution is 5.80. The molecule has 1 aromatic rings. The van der Waals surface area contributed by atoms with Crippen molar-refractivity contribution in [2.24, 2.45) is 0 Å². The van der Waals surface area contributed by atoms with Crippen molar-refractivity contribution < 1.29 is 9.53 Å². The normalized spacial score (nSPS) is 15.3. The van der Waals surface area contributed by atoms with Crippen molar-refractivity contribution in [2.45, 2.75) is 45.4 Å². The minimum Gasteiger partial charge on any atom is -0.481 e. The van der Waals surface area contributed by atoms with Gasteiger partial charge in [-0.15, -0.1) is 6.58 Å². The van der Waals surface area contributed by atoms with Crippen LogP contribution < -0.4 is 15.4 Å². The second-order valence-corrected chi connectivity index (χ2v) is 5.56. The third-order valence-corrected chi connectivity index (χ3v) is 3.47. The van der Waals surface area contributed by atoms with Gasteiger partial charge in [-0.05, 0) is 32.8 Å². The molecule has 2 rings (SSSR count). The molecule has 1 fully saturated rings. The molecular formula is C17H24N2O2. The Kier molecular flexibility index (Phi) is 5.39. The first-order chi connectivity index (χ1) is 10.1. The van der Waals surface area contributed by atoms with Gasteiger partial charge in [0.25, 0.3) is 5.91 Å². The van der Waals surface area contributed by atoms with E-state index >= 15 is 0 Å². The van der Waals surface area contributed by atoms with Gasteiger partial charge < -0.3 is 15.4 Å². The van der Waals surface area contributed by atoms with Crippen LogP contribution in [0.4, 0.5) is 0 Å². The largest absolute Gasteiger partial charge is 0.481 e. The summed E-state index contributed by atoms with van der Waals surface area (Å²) in [4.78, 5) is 11.9. The standard InChI is InChI=1S/C17H24N2O2/c1-4-9-18-17(20)13(3)21-16-8-5-12(2)10-14(16)11-19-15-6-7-15/h4-5,8,10,13,15,19H,1,6-7,9,11H2,2-3H3,(H,18,20). The molecule has 1 unspecified atom stereocenters. The van der Waals surface area contributed by atoms with Crippen LogP contribution in [-0.4, -0.2) is 24.6 Å². The van der Waals surface area contributed by atoms with E-state index in [9.17, 15) is 4.79 Å². The first-order valence-corrected chi connectivity index (χ1v) is 7.48. The Bertz CT molecular complexity index is 510.